The minimum absolute atomic E-state index is 0.279. The van der Waals surface area contributed by atoms with Gasteiger partial charge in [0.1, 0.15) is 12.4 Å². The van der Waals surface area contributed by atoms with Crippen LogP contribution in [-0.2, 0) is 13.1 Å². The van der Waals surface area contributed by atoms with Gasteiger partial charge in [0.2, 0.25) is 0 Å². The SMILES string of the molecule is CN=C(NCCOc1ccc(F)c(F)c1)NCc1ccccc1Cn1cccn1. The van der Waals surface area contributed by atoms with Gasteiger partial charge in [-0.05, 0) is 29.3 Å². The summed E-state index contributed by atoms with van der Waals surface area (Å²) in [6, 6.07) is 13.5. The molecule has 3 rings (SSSR count). The average Bonchev–Trinajstić information content (AvgIpc) is 3.24. The lowest BCUT2D eigenvalue weighted by Gasteiger charge is -2.15. The van der Waals surface area contributed by atoms with Crippen molar-refractivity contribution in [1.82, 2.24) is 20.4 Å². The third-order valence-electron chi connectivity index (χ3n) is 4.23. The van der Waals surface area contributed by atoms with Gasteiger partial charge in [0.05, 0.1) is 13.1 Å². The molecule has 0 saturated carbocycles. The Morgan fingerprint density at radius 3 is 2.62 bits per heavy atom. The van der Waals surface area contributed by atoms with Gasteiger partial charge in [0, 0.05) is 32.1 Å². The molecule has 0 amide bonds. The van der Waals surface area contributed by atoms with Gasteiger partial charge in [-0.15, -0.1) is 0 Å². The van der Waals surface area contributed by atoms with Crippen LogP contribution in [0, 0.1) is 11.6 Å². The van der Waals surface area contributed by atoms with Gasteiger partial charge >= 0.3 is 0 Å². The molecule has 152 valence electrons. The first-order chi connectivity index (χ1) is 14.2. The molecule has 3 aromatic rings. The van der Waals surface area contributed by atoms with Crippen LogP contribution in [-0.4, -0.2) is 35.9 Å². The molecule has 1 heterocycles. The fourth-order valence-electron chi connectivity index (χ4n) is 2.76. The van der Waals surface area contributed by atoms with E-state index >= 15 is 0 Å². The van der Waals surface area contributed by atoms with Crippen molar-refractivity contribution in [1.29, 1.82) is 0 Å². The molecule has 0 aliphatic heterocycles. The maximum atomic E-state index is 13.2. The van der Waals surface area contributed by atoms with Crippen molar-refractivity contribution in [2.45, 2.75) is 13.1 Å². The number of ether oxygens (including phenoxy) is 1. The lowest BCUT2D eigenvalue weighted by Crippen LogP contribution is -2.39. The number of nitrogens with zero attached hydrogens (tertiary/aromatic N) is 3. The summed E-state index contributed by atoms with van der Waals surface area (Å²) < 4.78 is 33.4. The van der Waals surface area contributed by atoms with Crippen molar-refractivity contribution in [2.75, 3.05) is 20.2 Å². The Morgan fingerprint density at radius 1 is 1.07 bits per heavy atom. The Hall–Kier alpha value is -3.42. The van der Waals surface area contributed by atoms with Crippen LogP contribution in [0.1, 0.15) is 11.1 Å². The summed E-state index contributed by atoms with van der Waals surface area (Å²) in [4.78, 5) is 4.19. The van der Waals surface area contributed by atoms with E-state index in [0.29, 0.717) is 25.6 Å². The average molecular weight is 399 g/mol. The van der Waals surface area contributed by atoms with E-state index in [0.717, 1.165) is 17.7 Å². The van der Waals surface area contributed by atoms with Gasteiger partial charge in [0.25, 0.3) is 0 Å². The van der Waals surface area contributed by atoms with Crippen molar-refractivity contribution < 1.29 is 13.5 Å². The molecule has 2 N–H and O–H groups in total. The van der Waals surface area contributed by atoms with Gasteiger partial charge in [-0.25, -0.2) is 8.78 Å². The zero-order chi connectivity index (χ0) is 20.5. The predicted molar refractivity (Wildman–Crippen MR) is 108 cm³/mol. The molecular formula is C21H23F2N5O. The molecule has 0 aliphatic rings. The number of rotatable bonds is 8. The number of hydrogen-bond acceptors (Lipinski definition) is 3. The predicted octanol–water partition coefficient (Wildman–Crippen LogP) is 2.95. The van der Waals surface area contributed by atoms with Gasteiger partial charge in [-0.2, -0.15) is 5.10 Å². The maximum Gasteiger partial charge on any atom is 0.191 e. The smallest absolute Gasteiger partial charge is 0.191 e. The van der Waals surface area contributed by atoms with Crippen molar-refractivity contribution in [3.63, 3.8) is 0 Å². The summed E-state index contributed by atoms with van der Waals surface area (Å²) in [5.41, 5.74) is 2.31. The second-order valence-corrected chi connectivity index (χ2v) is 6.25. The highest BCUT2D eigenvalue weighted by atomic mass is 19.2. The molecule has 0 aliphatic carbocycles. The molecule has 0 atom stereocenters. The standard InChI is InChI=1S/C21H23F2N5O/c1-24-21(25-10-12-29-18-7-8-19(22)20(23)13-18)26-14-16-5-2-3-6-17(16)15-28-11-4-9-27-28/h2-9,11,13H,10,12,14-15H2,1H3,(H2,24,25,26). The van der Waals surface area contributed by atoms with E-state index < -0.39 is 11.6 Å². The van der Waals surface area contributed by atoms with E-state index in [1.807, 2.05) is 29.1 Å². The van der Waals surface area contributed by atoms with Crippen LogP contribution in [0.2, 0.25) is 0 Å². The molecule has 2 aromatic carbocycles. The van der Waals surface area contributed by atoms with Crippen LogP contribution >= 0.6 is 0 Å². The fourth-order valence-corrected chi connectivity index (χ4v) is 2.76. The minimum Gasteiger partial charge on any atom is -0.492 e. The lowest BCUT2D eigenvalue weighted by molar-refractivity contribution is 0.318. The normalized spacial score (nSPS) is 11.3. The van der Waals surface area contributed by atoms with Crippen molar-refractivity contribution in [2.24, 2.45) is 4.99 Å². The van der Waals surface area contributed by atoms with Crippen molar-refractivity contribution in [3.05, 3.63) is 83.7 Å². The van der Waals surface area contributed by atoms with E-state index in [9.17, 15) is 8.78 Å². The van der Waals surface area contributed by atoms with E-state index in [-0.39, 0.29) is 12.4 Å². The largest absolute Gasteiger partial charge is 0.492 e. The molecule has 0 saturated heterocycles. The maximum absolute atomic E-state index is 13.2. The van der Waals surface area contributed by atoms with E-state index in [1.165, 1.54) is 11.6 Å². The van der Waals surface area contributed by atoms with E-state index in [4.69, 9.17) is 4.74 Å². The molecule has 29 heavy (non-hydrogen) atoms. The minimum atomic E-state index is -0.929. The van der Waals surface area contributed by atoms with E-state index in [1.54, 1.807) is 13.2 Å². The molecular weight excluding hydrogens is 376 g/mol. The van der Waals surface area contributed by atoms with Crippen LogP contribution in [0.5, 0.6) is 5.75 Å². The Morgan fingerprint density at radius 2 is 1.90 bits per heavy atom. The summed E-state index contributed by atoms with van der Waals surface area (Å²) in [5.74, 6) is -0.927. The Kier molecular flexibility index (Phi) is 7.16. The molecule has 0 bridgehead atoms. The highest BCUT2D eigenvalue weighted by Gasteiger charge is 2.06. The Balaban J connectivity index is 1.46. The Bertz CT molecular complexity index is 944. The molecule has 1 aromatic heterocycles. The molecule has 0 unspecified atom stereocenters. The second kappa shape index (κ2) is 10.2. The quantitative estimate of drug-likeness (QED) is 0.347. The van der Waals surface area contributed by atoms with Crippen LogP contribution in [0.4, 0.5) is 8.78 Å². The topological polar surface area (TPSA) is 63.5 Å². The van der Waals surface area contributed by atoms with Crippen molar-refractivity contribution in [3.8, 4) is 5.75 Å². The number of benzene rings is 2. The Labute approximate surface area is 168 Å². The number of nitrogens with one attached hydrogen (secondary N) is 2. The lowest BCUT2D eigenvalue weighted by atomic mass is 10.1. The summed E-state index contributed by atoms with van der Waals surface area (Å²) >= 11 is 0. The van der Waals surface area contributed by atoms with Crippen LogP contribution in [0.15, 0.2) is 65.9 Å². The first kappa shape index (κ1) is 20.3. The molecule has 0 radical (unpaired) electrons. The summed E-state index contributed by atoms with van der Waals surface area (Å²) in [5, 5.41) is 10.6. The molecule has 0 spiro atoms. The monoisotopic (exact) mass is 399 g/mol. The summed E-state index contributed by atoms with van der Waals surface area (Å²) in [6.07, 6.45) is 3.69. The van der Waals surface area contributed by atoms with Gasteiger partial charge in [-0.1, -0.05) is 24.3 Å². The van der Waals surface area contributed by atoms with E-state index in [2.05, 4.69) is 32.9 Å². The number of halogens is 2. The molecule has 6 nitrogen and oxygen atoms in total. The second-order valence-electron chi connectivity index (χ2n) is 6.25. The zero-order valence-corrected chi connectivity index (χ0v) is 16.1. The zero-order valence-electron chi connectivity index (χ0n) is 16.1. The number of hydrogen-bond donors (Lipinski definition) is 2. The van der Waals surface area contributed by atoms with Gasteiger partial charge in [0.15, 0.2) is 17.6 Å². The van der Waals surface area contributed by atoms with Gasteiger partial charge in [-0.3, -0.25) is 9.67 Å². The molecule has 8 heteroatoms. The summed E-state index contributed by atoms with van der Waals surface area (Å²) in [6.45, 7) is 2.02. The van der Waals surface area contributed by atoms with Gasteiger partial charge < -0.3 is 15.4 Å². The number of aliphatic imine (C=N–C) groups is 1. The number of guanidine groups is 1. The first-order valence-electron chi connectivity index (χ1n) is 9.22. The van der Waals surface area contributed by atoms with Crippen molar-refractivity contribution >= 4 is 5.96 Å². The van der Waals surface area contributed by atoms with Crippen LogP contribution in [0.25, 0.3) is 0 Å². The number of aromatic nitrogens is 2. The summed E-state index contributed by atoms with van der Waals surface area (Å²) in [7, 11) is 1.68. The molecule has 0 fully saturated rings. The third-order valence-corrected chi connectivity index (χ3v) is 4.23. The highest BCUT2D eigenvalue weighted by Crippen LogP contribution is 2.15. The highest BCUT2D eigenvalue weighted by molar-refractivity contribution is 5.79. The van der Waals surface area contributed by atoms with Crippen LogP contribution in [0.3, 0.4) is 0 Å². The third kappa shape index (κ3) is 6.03. The fraction of sp³-hybridized carbons (Fsp3) is 0.238. The first-order valence-corrected chi connectivity index (χ1v) is 9.22. The van der Waals surface area contributed by atoms with Crippen LogP contribution < -0.4 is 15.4 Å².